The van der Waals surface area contributed by atoms with Gasteiger partial charge < -0.3 is 4.90 Å². The summed E-state index contributed by atoms with van der Waals surface area (Å²) in [7, 11) is -3.06. The summed E-state index contributed by atoms with van der Waals surface area (Å²) in [5.41, 5.74) is 0.915. The molecule has 0 aromatic heterocycles. The maximum atomic E-state index is 12.7. The number of thiocarbonyl (C=S) groups is 1. The van der Waals surface area contributed by atoms with E-state index in [0.29, 0.717) is 22.2 Å². The number of amides is 2. The van der Waals surface area contributed by atoms with Crippen molar-refractivity contribution < 1.29 is 18.0 Å². The molecule has 0 N–H and O–H groups in total. The second-order valence-corrected chi connectivity index (χ2v) is 10.6. The Hall–Kier alpha value is -1.71. The highest BCUT2D eigenvalue weighted by molar-refractivity contribution is 8.26. The third-order valence-corrected chi connectivity index (χ3v) is 7.96. The highest BCUT2D eigenvalue weighted by atomic mass is 32.2. The van der Waals surface area contributed by atoms with E-state index in [1.807, 2.05) is 37.3 Å². The Balaban J connectivity index is 1.62. The first-order valence-electron chi connectivity index (χ1n) is 9.11. The van der Waals surface area contributed by atoms with Gasteiger partial charge in [-0.1, -0.05) is 54.3 Å². The summed E-state index contributed by atoms with van der Waals surface area (Å²) < 4.78 is 23.8. The Kier molecular flexibility index (Phi) is 6.57. The van der Waals surface area contributed by atoms with Crippen molar-refractivity contribution in [1.82, 2.24) is 9.80 Å². The number of nitrogens with zero attached hydrogens (tertiary/aromatic N) is 2. The van der Waals surface area contributed by atoms with Crippen LogP contribution in [0.1, 0.15) is 25.3 Å². The molecule has 2 aliphatic rings. The third-order valence-electron chi connectivity index (χ3n) is 4.83. The number of thioether (sulfide) groups is 1. The lowest BCUT2D eigenvalue weighted by Gasteiger charge is -2.27. The normalized spacial score (nSPS) is 22.8. The van der Waals surface area contributed by atoms with Crippen LogP contribution in [-0.4, -0.2) is 65.0 Å². The molecule has 150 valence electrons. The predicted octanol–water partition coefficient (Wildman–Crippen LogP) is 2.31. The minimum Gasteiger partial charge on any atom is -0.339 e. The molecule has 0 bridgehead atoms. The van der Waals surface area contributed by atoms with Crippen LogP contribution in [0.15, 0.2) is 35.2 Å². The fourth-order valence-corrected chi connectivity index (χ4v) is 6.44. The molecule has 3 rings (SSSR count). The largest absolute Gasteiger partial charge is 0.339 e. The first-order valence-corrected chi connectivity index (χ1v) is 12.2. The summed E-state index contributed by atoms with van der Waals surface area (Å²) in [4.78, 5) is 28.9. The average Bonchev–Trinajstić information content (AvgIpc) is 3.14. The summed E-state index contributed by atoms with van der Waals surface area (Å²) in [6.45, 7) is 2.49. The number of hydrogen-bond donors (Lipinski definition) is 0. The van der Waals surface area contributed by atoms with E-state index in [9.17, 15) is 18.0 Å². The Morgan fingerprint density at radius 2 is 2.07 bits per heavy atom. The standard InChI is InChI=1S/C19H22N2O4S3/c1-2-20(15-9-11-28(24,25)13-15)17(22)8-10-21-18(23)16(27-19(21)26)12-14-6-4-3-5-7-14/h3-7,12,15H,2,8-11,13H2,1H3/b16-12-/t15-/m0/s1. The van der Waals surface area contributed by atoms with Crippen molar-refractivity contribution in [2.75, 3.05) is 24.6 Å². The molecule has 0 spiro atoms. The molecule has 1 atom stereocenters. The molecule has 0 aliphatic carbocycles. The maximum absolute atomic E-state index is 12.7. The van der Waals surface area contributed by atoms with Crippen molar-refractivity contribution in [3.63, 3.8) is 0 Å². The van der Waals surface area contributed by atoms with E-state index in [4.69, 9.17) is 12.2 Å². The van der Waals surface area contributed by atoms with Crippen molar-refractivity contribution in [2.45, 2.75) is 25.8 Å². The molecule has 2 saturated heterocycles. The summed E-state index contributed by atoms with van der Waals surface area (Å²) in [5.74, 6) is -0.197. The van der Waals surface area contributed by atoms with Crippen LogP contribution in [0.5, 0.6) is 0 Å². The van der Waals surface area contributed by atoms with E-state index >= 15 is 0 Å². The van der Waals surface area contributed by atoms with Crippen molar-refractivity contribution in [1.29, 1.82) is 0 Å². The fourth-order valence-electron chi connectivity index (χ4n) is 3.40. The number of rotatable bonds is 6. The predicted molar refractivity (Wildman–Crippen MR) is 115 cm³/mol. The van der Waals surface area contributed by atoms with Gasteiger partial charge in [0.25, 0.3) is 5.91 Å². The zero-order valence-electron chi connectivity index (χ0n) is 15.5. The Morgan fingerprint density at radius 3 is 2.68 bits per heavy atom. The van der Waals surface area contributed by atoms with Gasteiger partial charge in [-0.05, 0) is 25.0 Å². The van der Waals surface area contributed by atoms with Gasteiger partial charge in [0, 0.05) is 25.6 Å². The van der Waals surface area contributed by atoms with E-state index in [1.54, 1.807) is 11.0 Å². The maximum Gasteiger partial charge on any atom is 0.266 e. The van der Waals surface area contributed by atoms with Gasteiger partial charge in [0.15, 0.2) is 9.84 Å². The molecular formula is C19H22N2O4S3. The van der Waals surface area contributed by atoms with Crippen LogP contribution in [0.3, 0.4) is 0 Å². The van der Waals surface area contributed by atoms with Crippen LogP contribution < -0.4 is 0 Å². The van der Waals surface area contributed by atoms with Crippen LogP contribution >= 0.6 is 24.0 Å². The molecule has 2 heterocycles. The van der Waals surface area contributed by atoms with Gasteiger partial charge in [-0.3, -0.25) is 14.5 Å². The van der Waals surface area contributed by atoms with Gasteiger partial charge in [-0.15, -0.1) is 0 Å². The summed E-state index contributed by atoms with van der Waals surface area (Å²) in [6, 6.07) is 9.24. The lowest BCUT2D eigenvalue weighted by molar-refractivity contribution is -0.133. The number of benzene rings is 1. The molecule has 1 aromatic carbocycles. The minimum absolute atomic E-state index is 0.0213. The summed E-state index contributed by atoms with van der Waals surface area (Å²) in [6.07, 6.45) is 2.39. The monoisotopic (exact) mass is 438 g/mol. The van der Waals surface area contributed by atoms with Gasteiger partial charge in [0.2, 0.25) is 5.91 Å². The molecule has 6 nitrogen and oxygen atoms in total. The third kappa shape index (κ3) is 4.82. The highest BCUT2D eigenvalue weighted by Crippen LogP contribution is 2.32. The van der Waals surface area contributed by atoms with E-state index in [1.165, 1.54) is 16.7 Å². The van der Waals surface area contributed by atoms with Gasteiger partial charge >= 0.3 is 0 Å². The second kappa shape index (κ2) is 8.75. The van der Waals surface area contributed by atoms with Crippen LogP contribution in [0.2, 0.25) is 0 Å². The Bertz CT molecular complexity index is 912. The number of carbonyl (C=O) groups is 2. The van der Waals surface area contributed by atoms with E-state index in [-0.39, 0.29) is 42.3 Å². The summed E-state index contributed by atoms with van der Waals surface area (Å²) in [5, 5.41) is 0. The first kappa shape index (κ1) is 21.0. The lowest BCUT2D eigenvalue weighted by Crippen LogP contribution is -2.42. The zero-order chi connectivity index (χ0) is 20.3. The van der Waals surface area contributed by atoms with E-state index in [0.717, 1.165) is 5.56 Å². The van der Waals surface area contributed by atoms with Crippen LogP contribution in [0, 0.1) is 0 Å². The Morgan fingerprint density at radius 1 is 1.36 bits per heavy atom. The molecule has 0 unspecified atom stereocenters. The van der Waals surface area contributed by atoms with Gasteiger partial charge in [0.1, 0.15) is 4.32 Å². The fraction of sp³-hybridized carbons (Fsp3) is 0.421. The van der Waals surface area contributed by atoms with Crippen LogP contribution in [-0.2, 0) is 19.4 Å². The molecule has 28 heavy (non-hydrogen) atoms. The smallest absolute Gasteiger partial charge is 0.266 e. The van der Waals surface area contributed by atoms with Crippen molar-refractivity contribution in [3.8, 4) is 0 Å². The highest BCUT2D eigenvalue weighted by Gasteiger charge is 2.35. The zero-order valence-corrected chi connectivity index (χ0v) is 18.0. The van der Waals surface area contributed by atoms with Gasteiger partial charge in [-0.25, -0.2) is 8.42 Å². The molecule has 1 aromatic rings. The SMILES string of the molecule is CCN(C(=O)CCN1C(=O)/C(=C/c2ccccc2)SC1=S)[C@H]1CCS(=O)(=O)C1. The molecule has 2 fully saturated rings. The molecule has 2 amide bonds. The number of sulfone groups is 1. The topological polar surface area (TPSA) is 74.8 Å². The molecule has 0 saturated carbocycles. The molecule has 2 aliphatic heterocycles. The summed E-state index contributed by atoms with van der Waals surface area (Å²) >= 11 is 6.55. The van der Waals surface area contributed by atoms with Crippen molar-refractivity contribution >= 4 is 56.0 Å². The van der Waals surface area contributed by atoms with Gasteiger partial charge in [-0.2, -0.15) is 0 Å². The molecular weight excluding hydrogens is 416 g/mol. The van der Waals surface area contributed by atoms with Crippen molar-refractivity contribution in [3.05, 3.63) is 40.8 Å². The van der Waals surface area contributed by atoms with E-state index < -0.39 is 9.84 Å². The average molecular weight is 439 g/mol. The van der Waals surface area contributed by atoms with Gasteiger partial charge in [0.05, 0.1) is 16.4 Å². The first-order chi connectivity index (χ1) is 13.3. The van der Waals surface area contributed by atoms with Crippen LogP contribution in [0.25, 0.3) is 6.08 Å². The van der Waals surface area contributed by atoms with Crippen LogP contribution in [0.4, 0.5) is 0 Å². The van der Waals surface area contributed by atoms with Crippen molar-refractivity contribution in [2.24, 2.45) is 0 Å². The molecule has 0 radical (unpaired) electrons. The quantitative estimate of drug-likeness (QED) is 0.501. The minimum atomic E-state index is -3.06. The Labute approximate surface area is 174 Å². The van der Waals surface area contributed by atoms with E-state index in [2.05, 4.69) is 0 Å². The number of hydrogen-bond acceptors (Lipinski definition) is 6. The lowest BCUT2D eigenvalue weighted by atomic mass is 10.2. The molecule has 9 heteroatoms. The number of carbonyl (C=O) groups excluding carboxylic acids is 2. The second-order valence-electron chi connectivity index (χ2n) is 6.73.